The van der Waals surface area contributed by atoms with Crippen LogP contribution in [0.4, 0.5) is 4.39 Å². The zero-order valence-corrected chi connectivity index (χ0v) is 9.28. The standard InChI is InChI=1S/C12H16FNO2/c1-9(12-8-14-5-6-15-12)16-11-4-2-3-10(13)7-11/h2-4,7,9,12,14H,5-6,8H2,1H3. The van der Waals surface area contributed by atoms with E-state index in [1.807, 2.05) is 6.92 Å². The molecule has 88 valence electrons. The molecule has 1 aliphatic rings. The maximum absolute atomic E-state index is 12.9. The second-order valence-electron chi connectivity index (χ2n) is 3.89. The number of hydrogen-bond donors (Lipinski definition) is 1. The highest BCUT2D eigenvalue weighted by molar-refractivity contribution is 5.22. The third-order valence-corrected chi connectivity index (χ3v) is 2.60. The van der Waals surface area contributed by atoms with Crippen LogP contribution in [0.5, 0.6) is 5.75 Å². The molecule has 1 heterocycles. The minimum absolute atomic E-state index is 0.0250. The van der Waals surface area contributed by atoms with Crippen LogP contribution >= 0.6 is 0 Å². The first-order valence-corrected chi connectivity index (χ1v) is 5.50. The molecule has 1 aromatic carbocycles. The van der Waals surface area contributed by atoms with Gasteiger partial charge < -0.3 is 14.8 Å². The minimum atomic E-state index is -0.285. The molecular weight excluding hydrogens is 209 g/mol. The van der Waals surface area contributed by atoms with Crippen LogP contribution in [0.2, 0.25) is 0 Å². The molecule has 1 fully saturated rings. The van der Waals surface area contributed by atoms with Gasteiger partial charge in [0.25, 0.3) is 0 Å². The van der Waals surface area contributed by atoms with Gasteiger partial charge in [-0.3, -0.25) is 0 Å². The van der Waals surface area contributed by atoms with Crippen molar-refractivity contribution >= 4 is 0 Å². The van der Waals surface area contributed by atoms with Crippen molar-refractivity contribution in [3.8, 4) is 5.75 Å². The highest BCUT2D eigenvalue weighted by atomic mass is 19.1. The fourth-order valence-electron chi connectivity index (χ4n) is 1.72. The van der Waals surface area contributed by atoms with Gasteiger partial charge in [-0.05, 0) is 19.1 Å². The van der Waals surface area contributed by atoms with Crippen molar-refractivity contribution in [3.05, 3.63) is 30.1 Å². The maximum atomic E-state index is 12.9. The molecule has 2 atom stereocenters. The second-order valence-corrected chi connectivity index (χ2v) is 3.89. The van der Waals surface area contributed by atoms with Crippen LogP contribution < -0.4 is 10.1 Å². The molecule has 1 N–H and O–H groups in total. The molecule has 1 saturated heterocycles. The fourth-order valence-corrected chi connectivity index (χ4v) is 1.72. The van der Waals surface area contributed by atoms with E-state index in [4.69, 9.17) is 9.47 Å². The topological polar surface area (TPSA) is 30.5 Å². The van der Waals surface area contributed by atoms with E-state index in [-0.39, 0.29) is 18.0 Å². The molecule has 1 aromatic rings. The van der Waals surface area contributed by atoms with Crippen LogP contribution in [-0.2, 0) is 4.74 Å². The third kappa shape index (κ3) is 2.93. The summed E-state index contributed by atoms with van der Waals surface area (Å²) in [6.45, 7) is 4.28. The molecule has 0 aromatic heterocycles. The molecule has 16 heavy (non-hydrogen) atoms. The molecule has 0 saturated carbocycles. The van der Waals surface area contributed by atoms with Crippen molar-refractivity contribution in [1.82, 2.24) is 5.32 Å². The normalized spacial score (nSPS) is 22.8. The second kappa shape index (κ2) is 5.27. The molecule has 0 radical (unpaired) electrons. The molecule has 0 bridgehead atoms. The Labute approximate surface area is 94.6 Å². The number of benzene rings is 1. The average Bonchev–Trinajstić information content (AvgIpc) is 2.30. The summed E-state index contributed by atoms with van der Waals surface area (Å²) in [5.41, 5.74) is 0. The highest BCUT2D eigenvalue weighted by Gasteiger charge is 2.22. The minimum Gasteiger partial charge on any atom is -0.488 e. The van der Waals surface area contributed by atoms with Crippen molar-refractivity contribution in [2.45, 2.75) is 19.1 Å². The number of ether oxygens (including phenoxy) is 2. The monoisotopic (exact) mass is 225 g/mol. The molecule has 4 heteroatoms. The molecule has 2 rings (SSSR count). The van der Waals surface area contributed by atoms with E-state index in [2.05, 4.69) is 5.32 Å². The fraction of sp³-hybridized carbons (Fsp3) is 0.500. The molecule has 1 aliphatic heterocycles. The van der Waals surface area contributed by atoms with Gasteiger partial charge in [-0.15, -0.1) is 0 Å². The summed E-state index contributed by atoms with van der Waals surface area (Å²) < 4.78 is 24.1. The van der Waals surface area contributed by atoms with Crippen LogP contribution in [0.1, 0.15) is 6.92 Å². The summed E-state index contributed by atoms with van der Waals surface area (Å²) >= 11 is 0. The average molecular weight is 225 g/mol. The van der Waals surface area contributed by atoms with Gasteiger partial charge >= 0.3 is 0 Å². The van der Waals surface area contributed by atoms with Crippen LogP contribution in [0.15, 0.2) is 24.3 Å². The molecule has 0 spiro atoms. The lowest BCUT2D eigenvalue weighted by molar-refractivity contribution is -0.0350. The van der Waals surface area contributed by atoms with Gasteiger partial charge in [0.05, 0.1) is 6.61 Å². The first-order chi connectivity index (χ1) is 7.75. The number of nitrogens with one attached hydrogen (secondary N) is 1. The van der Waals surface area contributed by atoms with Crippen LogP contribution in [-0.4, -0.2) is 31.9 Å². The Bertz CT molecular complexity index is 340. The Hall–Kier alpha value is -1.13. The Kier molecular flexibility index (Phi) is 3.74. The summed E-state index contributed by atoms with van der Waals surface area (Å²) in [5, 5.41) is 3.23. The number of halogens is 1. The van der Waals surface area contributed by atoms with E-state index in [0.29, 0.717) is 12.4 Å². The summed E-state index contributed by atoms with van der Waals surface area (Å²) in [6, 6.07) is 6.16. The maximum Gasteiger partial charge on any atom is 0.126 e. The molecular formula is C12H16FNO2. The van der Waals surface area contributed by atoms with Crippen molar-refractivity contribution < 1.29 is 13.9 Å². The first kappa shape index (κ1) is 11.4. The van der Waals surface area contributed by atoms with E-state index in [0.717, 1.165) is 13.1 Å². The van der Waals surface area contributed by atoms with E-state index < -0.39 is 0 Å². The van der Waals surface area contributed by atoms with Crippen molar-refractivity contribution in [2.75, 3.05) is 19.7 Å². The zero-order valence-electron chi connectivity index (χ0n) is 9.28. The van der Waals surface area contributed by atoms with Gasteiger partial charge in [-0.1, -0.05) is 6.07 Å². The van der Waals surface area contributed by atoms with Crippen LogP contribution in [0.25, 0.3) is 0 Å². The van der Waals surface area contributed by atoms with Gasteiger partial charge in [0.1, 0.15) is 23.8 Å². The highest BCUT2D eigenvalue weighted by Crippen LogP contribution is 2.16. The SMILES string of the molecule is CC(Oc1cccc(F)c1)C1CNCCO1. The van der Waals surface area contributed by atoms with Crippen LogP contribution in [0.3, 0.4) is 0 Å². The Morgan fingerprint density at radius 1 is 1.56 bits per heavy atom. The zero-order chi connectivity index (χ0) is 11.4. The number of hydrogen-bond acceptors (Lipinski definition) is 3. The lowest BCUT2D eigenvalue weighted by Gasteiger charge is -2.29. The lowest BCUT2D eigenvalue weighted by atomic mass is 10.2. The summed E-state index contributed by atoms with van der Waals surface area (Å²) in [6.07, 6.45) is -0.0633. The Morgan fingerprint density at radius 2 is 2.44 bits per heavy atom. The predicted octanol–water partition coefficient (Wildman–Crippen LogP) is 1.58. The van der Waals surface area contributed by atoms with E-state index in [9.17, 15) is 4.39 Å². The van der Waals surface area contributed by atoms with E-state index in [1.54, 1.807) is 12.1 Å². The summed E-state index contributed by atoms with van der Waals surface area (Å²) in [7, 11) is 0. The quantitative estimate of drug-likeness (QED) is 0.847. The Balaban J connectivity index is 1.93. The number of morpholine rings is 1. The van der Waals surface area contributed by atoms with Crippen LogP contribution in [0, 0.1) is 5.82 Å². The molecule has 0 amide bonds. The van der Waals surface area contributed by atoms with Crippen molar-refractivity contribution in [3.63, 3.8) is 0 Å². The summed E-state index contributed by atoms with van der Waals surface area (Å²) in [5.74, 6) is 0.258. The van der Waals surface area contributed by atoms with Gasteiger partial charge in [0, 0.05) is 19.2 Å². The van der Waals surface area contributed by atoms with Gasteiger partial charge in [-0.2, -0.15) is 0 Å². The first-order valence-electron chi connectivity index (χ1n) is 5.50. The van der Waals surface area contributed by atoms with Crippen molar-refractivity contribution in [2.24, 2.45) is 0 Å². The Morgan fingerprint density at radius 3 is 3.12 bits per heavy atom. The molecule has 0 aliphatic carbocycles. The predicted molar refractivity (Wildman–Crippen MR) is 59.1 cm³/mol. The summed E-state index contributed by atoms with van der Waals surface area (Å²) in [4.78, 5) is 0. The lowest BCUT2D eigenvalue weighted by Crippen LogP contribution is -2.46. The van der Waals surface area contributed by atoms with Crippen molar-refractivity contribution in [1.29, 1.82) is 0 Å². The number of rotatable bonds is 3. The van der Waals surface area contributed by atoms with Gasteiger partial charge in [-0.25, -0.2) is 4.39 Å². The smallest absolute Gasteiger partial charge is 0.126 e. The van der Waals surface area contributed by atoms with E-state index >= 15 is 0 Å². The van der Waals surface area contributed by atoms with Gasteiger partial charge in [0.15, 0.2) is 0 Å². The van der Waals surface area contributed by atoms with E-state index in [1.165, 1.54) is 12.1 Å². The molecule has 2 unspecified atom stereocenters. The molecule has 3 nitrogen and oxygen atoms in total. The largest absolute Gasteiger partial charge is 0.488 e. The third-order valence-electron chi connectivity index (χ3n) is 2.60. The van der Waals surface area contributed by atoms with Gasteiger partial charge in [0.2, 0.25) is 0 Å².